The predicted octanol–water partition coefficient (Wildman–Crippen LogP) is 19.7. The molecule has 0 aromatic carbocycles. The van der Waals surface area contributed by atoms with Crippen LogP contribution in [0.2, 0.25) is 0 Å². The van der Waals surface area contributed by atoms with Crippen molar-refractivity contribution in [2.75, 3.05) is 39.6 Å². The molecule has 0 saturated carbocycles. The molecule has 0 radical (unpaired) electrons. The quantitative estimate of drug-likeness (QED) is 0.0222. The molecule has 88 heavy (non-hydrogen) atoms. The molecule has 0 aliphatic carbocycles. The number of hydrogen-bond acceptors (Lipinski definition) is 15. The van der Waals surface area contributed by atoms with Crippen molar-refractivity contribution in [3.8, 4) is 0 Å². The molecule has 0 aliphatic heterocycles. The van der Waals surface area contributed by atoms with E-state index in [1.807, 2.05) is 0 Å². The summed E-state index contributed by atoms with van der Waals surface area (Å²) in [4.78, 5) is 72.3. The minimum atomic E-state index is -4.95. The van der Waals surface area contributed by atoms with E-state index < -0.39 is 97.5 Å². The van der Waals surface area contributed by atoms with E-state index in [-0.39, 0.29) is 25.7 Å². The number of phosphoric ester groups is 2. The van der Waals surface area contributed by atoms with Gasteiger partial charge >= 0.3 is 39.5 Å². The van der Waals surface area contributed by atoms with Gasteiger partial charge in [-0.05, 0) is 31.6 Å². The average Bonchev–Trinajstić information content (AvgIpc) is 3.54. The van der Waals surface area contributed by atoms with E-state index in [0.29, 0.717) is 25.7 Å². The fourth-order valence-corrected chi connectivity index (χ4v) is 12.0. The minimum Gasteiger partial charge on any atom is -0.462 e. The maximum atomic E-state index is 13.0. The third kappa shape index (κ3) is 61.6. The highest BCUT2D eigenvalue weighted by Gasteiger charge is 2.30. The van der Waals surface area contributed by atoms with Crippen LogP contribution in [-0.2, 0) is 65.4 Å². The van der Waals surface area contributed by atoms with Crippen LogP contribution in [0.15, 0.2) is 0 Å². The van der Waals surface area contributed by atoms with Gasteiger partial charge in [0.1, 0.15) is 19.3 Å². The van der Waals surface area contributed by atoms with Crippen LogP contribution in [0.5, 0.6) is 0 Å². The standard InChI is InChI=1S/C69H134O17P2/c1-6-10-13-16-19-21-23-30-33-38-43-48-53-67(72)80-59-65(86-69(74)55-50-45-40-35-31-27-25-24-26-29-32-37-41-46-51-62(5)9-4)61-84-88(77,78)82-57-63(70)56-81-87(75,76)83-60-64(58-79-66(71)52-47-42-36-18-15-12-8-3)85-68(73)54-49-44-39-34-28-22-20-17-14-11-7-2/h62-65,70H,6-61H2,1-5H3,(H,75,76)(H,77,78)/t62?,63-,64+,65+/m0/s1. The second-order valence-corrected chi connectivity index (χ2v) is 28.1. The minimum absolute atomic E-state index is 0.107. The van der Waals surface area contributed by atoms with E-state index in [2.05, 4.69) is 34.6 Å². The van der Waals surface area contributed by atoms with Gasteiger partial charge in [-0.15, -0.1) is 0 Å². The van der Waals surface area contributed by atoms with Crippen LogP contribution >= 0.6 is 15.6 Å². The molecule has 17 nitrogen and oxygen atoms in total. The van der Waals surface area contributed by atoms with Crippen LogP contribution < -0.4 is 0 Å². The summed E-state index contributed by atoms with van der Waals surface area (Å²) in [6, 6.07) is 0. The molecule has 3 N–H and O–H groups in total. The van der Waals surface area contributed by atoms with E-state index in [1.54, 1.807) is 0 Å². The molecular weight excluding hydrogens is 1160 g/mol. The highest BCUT2D eigenvalue weighted by Crippen LogP contribution is 2.45. The van der Waals surface area contributed by atoms with Gasteiger partial charge in [-0.1, -0.05) is 304 Å². The number of phosphoric acid groups is 2. The zero-order valence-electron chi connectivity index (χ0n) is 56.9. The summed E-state index contributed by atoms with van der Waals surface area (Å²) in [6.45, 7) is 7.25. The molecule has 0 aromatic rings. The topological polar surface area (TPSA) is 237 Å². The third-order valence-electron chi connectivity index (χ3n) is 16.4. The fraction of sp³-hybridized carbons (Fsp3) is 0.942. The van der Waals surface area contributed by atoms with Gasteiger partial charge in [-0.25, -0.2) is 9.13 Å². The van der Waals surface area contributed by atoms with E-state index >= 15 is 0 Å². The summed E-state index contributed by atoms with van der Waals surface area (Å²) in [7, 11) is -9.89. The summed E-state index contributed by atoms with van der Waals surface area (Å²) in [6.07, 6.45) is 48.5. The highest BCUT2D eigenvalue weighted by atomic mass is 31.2. The molecule has 0 bridgehead atoms. The molecule has 0 spiro atoms. The Morgan fingerprint density at radius 2 is 0.545 bits per heavy atom. The summed E-state index contributed by atoms with van der Waals surface area (Å²) in [5.41, 5.74) is 0. The molecule has 0 fully saturated rings. The Balaban J connectivity index is 5.19. The molecule has 3 unspecified atom stereocenters. The smallest absolute Gasteiger partial charge is 0.462 e. The Kier molecular flexibility index (Phi) is 61.1. The van der Waals surface area contributed by atoms with Gasteiger partial charge in [0.15, 0.2) is 12.2 Å². The van der Waals surface area contributed by atoms with Crippen molar-refractivity contribution >= 4 is 39.5 Å². The first-order chi connectivity index (χ1) is 42.6. The molecule has 0 rings (SSSR count). The first-order valence-electron chi connectivity index (χ1n) is 36.2. The summed E-state index contributed by atoms with van der Waals surface area (Å²) >= 11 is 0. The van der Waals surface area contributed by atoms with E-state index in [4.69, 9.17) is 37.0 Å². The van der Waals surface area contributed by atoms with Gasteiger partial charge in [0, 0.05) is 25.7 Å². The molecule has 0 aliphatic rings. The molecule has 0 aromatic heterocycles. The number of aliphatic hydroxyl groups is 1. The third-order valence-corrected chi connectivity index (χ3v) is 18.3. The lowest BCUT2D eigenvalue weighted by Gasteiger charge is -2.21. The van der Waals surface area contributed by atoms with Crippen molar-refractivity contribution in [2.24, 2.45) is 5.92 Å². The lowest BCUT2D eigenvalue weighted by Crippen LogP contribution is -2.30. The number of hydrogen-bond donors (Lipinski definition) is 3. The van der Waals surface area contributed by atoms with Crippen LogP contribution in [0.4, 0.5) is 0 Å². The van der Waals surface area contributed by atoms with Crippen LogP contribution in [0.25, 0.3) is 0 Å². The SMILES string of the molecule is CCCCCCCCCCCCCCC(=O)OC[C@H](COP(=O)(O)OC[C@@H](O)COP(=O)(O)OC[C@@H](COC(=O)CCCCCCCCC)OC(=O)CCCCCCCCCCCCC)OC(=O)CCCCCCCCCCCCCCCCC(C)CC. The largest absolute Gasteiger partial charge is 0.472 e. The Morgan fingerprint density at radius 1 is 0.318 bits per heavy atom. The molecule has 0 amide bonds. The molecule has 0 heterocycles. The number of unbranched alkanes of at least 4 members (excludes halogenated alkanes) is 40. The lowest BCUT2D eigenvalue weighted by molar-refractivity contribution is -0.161. The Morgan fingerprint density at radius 3 is 0.807 bits per heavy atom. The molecule has 6 atom stereocenters. The van der Waals surface area contributed by atoms with Gasteiger partial charge < -0.3 is 33.8 Å². The zero-order valence-corrected chi connectivity index (χ0v) is 58.6. The normalized spacial score (nSPS) is 14.4. The van der Waals surface area contributed by atoms with Gasteiger partial charge in [0.25, 0.3) is 0 Å². The number of carbonyl (C=O) groups excluding carboxylic acids is 4. The van der Waals surface area contributed by atoms with Gasteiger partial charge in [-0.2, -0.15) is 0 Å². The number of rotatable bonds is 69. The van der Waals surface area contributed by atoms with Crippen LogP contribution in [0.1, 0.15) is 356 Å². The maximum Gasteiger partial charge on any atom is 0.472 e. The molecule has 522 valence electrons. The Hall–Kier alpha value is -1.94. The number of esters is 4. The first-order valence-corrected chi connectivity index (χ1v) is 39.2. The van der Waals surface area contributed by atoms with Crippen LogP contribution in [0.3, 0.4) is 0 Å². The number of aliphatic hydroxyl groups excluding tert-OH is 1. The highest BCUT2D eigenvalue weighted by molar-refractivity contribution is 7.47. The summed E-state index contributed by atoms with van der Waals surface area (Å²) < 4.78 is 68.1. The summed E-state index contributed by atoms with van der Waals surface area (Å²) in [5, 5.41) is 10.6. The van der Waals surface area contributed by atoms with Crippen LogP contribution in [-0.4, -0.2) is 96.7 Å². The fourth-order valence-electron chi connectivity index (χ4n) is 10.4. The van der Waals surface area contributed by atoms with Gasteiger partial charge in [0.05, 0.1) is 26.4 Å². The zero-order chi connectivity index (χ0) is 64.9. The van der Waals surface area contributed by atoms with Crippen molar-refractivity contribution in [3.05, 3.63) is 0 Å². The van der Waals surface area contributed by atoms with E-state index in [9.17, 15) is 43.2 Å². The van der Waals surface area contributed by atoms with Crippen molar-refractivity contribution in [1.82, 2.24) is 0 Å². The average molecular weight is 1300 g/mol. The lowest BCUT2D eigenvalue weighted by atomic mass is 9.99. The van der Waals surface area contributed by atoms with Crippen molar-refractivity contribution in [2.45, 2.75) is 374 Å². The van der Waals surface area contributed by atoms with E-state index in [1.165, 1.54) is 167 Å². The number of ether oxygens (including phenoxy) is 4. The van der Waals surface area contributed by atoms with Crippen molar-refractivity contribution < 1.29 is 80.2 Å². The van der Waals surface area contributed by atoms with Crippen molar-refractivity contribution in [3.63, 3.8) is 0 Å². The molecular formula is C69H134O17P2. The number of carbonyl (C=O) groups is 4. The molecule has 0 saturated heterocycles. The predicted molar refractivity (Wildman–Crippen MR) is 354 cm³/mol. The Bertz CT molecular complexity index is 1710. The second-order valence-electron chi connectivity index (χ2n) is 25.2. The van der Waals surface area contributed by atoms with E-state index in [0.717, 1.165) is 109 Å². The monoisotopic (exact) mass is 1300 g/mol. The van der Waals surface area contributed by atoms with Gasteiger partial charge in [-0.3, -0.25) is 37.3 Å². The first kappa shape index (κ1) is 86.1. The second kappa shape index (κ2) is 62.5. The van der Waals surface area contributed by atoms with Crippen molar-refractivity contribution in [1.29, 1.82) is 0 Å². The summed E-state index contributed by atoms with van der Waals surface area (Å²) in [5.74, 6) is -1.28. The maximum absolute atomic E-state index is 13.0. The van der Waals surface area contributed by atoms with Gasteiger partial charge in [0.2, 0.25) is 0 Å². The molecule has 19 heteroatoms. The Labute approximate surface area is 537 Å². The van der Waals surface area contributed by atoms with Crippen LogP contribution in [0, 0.1) is 5.92 Å².